The van der Waals surface area contributed by atoms with Crippen molar-refractivity contribution in [2.24, 2.45) is 5.92 Å². The van der Waals surface area contributed by atoms with Crippen LogP contribution in [0.25, 0.3) is 5.69 Å². The maximum atomic E-state index is 6.47. The Bertz CT molecular complexity index is 939. The fraction of sp³-hybridized carbons (Fsp3) is 0.435. The summed E-state index contributed by atoms with van der Waals surface area (Å²) in [6.07, 6.45) is 2.53. The third-order valence-electron chi connectivity index (χ3n) is 5.72. The Balaban J connectivity index is 1.62. The standard InChI is InChI=1S/C23H28N4OS/c1-16-10-13-18(14-11-16)21-20(15-12-17(2)28-21)23(3,4)29-22-24-25-26-27(22)19-8-6-5-7-9-19/h5-11,13-14,17,20-21H,12,15H2,1-4H3/t17-,20-,21?/m1/s1. The van der Waals surface area contributed by atoms with Crippen molar-refractivity contribution in [3.63, 3.8) is 0 Å². The van der Waals surface area contributed by atoms with Gasteiger partial charge in [0.2, 0.25) is 5.16 Å². The topological polar surface area (TPSA) is 52.8 Å². The van der Waals surface area contributed by atoms with Crippen molar-refractivity contribution >= 4 is 11.8 Å². The van der Waals surface area contributed by atoms with Gasteiger partial charge in [-0.25, -0.2) is 0 Å². The maximum absolute atomic E-state index is 6.47. The molecule has 0 amide bonds. The number of aryl methyl sites for hydroxylation is 1. The Hall–Kier alpha value is -2.18. The van der Waals surface area contributed by atoms with Gasteiger partial charge in [0.15, 0.2) is 0 Å². The summed E-state index contributed by atoms with van der Waals surface area (Å²) >= 11 is 1.73. The Morgan fingerprint density at radius 1 is 1.03 bits per heavy atom. The summed E-state index contributed by atoms with van der Waals surface area (Å²) in [5.41, 5.74) is 3.49. The van der Waals surface area contributed by atoms with E-state index >= 15 is 0 Å². The highest BCUT2D eigenvalue weighted by Gasteiger charge is 2.42. The molecule has 0 bridgehead atoms. The molecule has 2 aromatic carbocycles. The van der Waals surface area contributed by atoms with Crippen LogP contribution in [0.4, 0.5) is 0 Å². The zero-order valence-corrected chi connectivity index (χ0v) is 18.3. The van der Waals surface area contributed by atoms with Crippen LogP contribution in [0.3, 0.4) is 0 Å². The van der Waals surface area contributed by atoms with Crippen LogP contribution in [0.5, 0.6) is 0 Å². The fourth-order valence-corrected chi connectivity index (χ4v) is 5.21. The summed E-state index contributed by atoms with van der Waals surface area (Å²) in [7, 11) is 0. The molecule has 1 saturated heterocycles. The molecule has 4 rings (SSSR count). The van der Waals surface area contributed by atoms with Gasteiger partial charge in [-0.15, -0.1) is 5.10 Å². The van der Waals surface area contributed by atoms with E-state index in [-0.39, 0.29) is 17.0 Å². The molecule has 1 fully saturated rings. The Kier molecular flexibility index (Phi) is 5.74. The molecule has 1 unspecified atom stereocenters. The molecule has 2 heterocycles. The molecule has 3 atom stereocenters. The summed E-state index contributed by atoms with van der Waals surface area (Å²) in [5.74, 6) is 0.354. The zero-order valence-electron chi connectivity index (χ0n) is 17.4. The second-order valence-corrected chi connectivity index (χ2v) is 10.00. The third-order valence-corrected chi connectivity index (χ3v) is 6.99. The van der Waals surface area contributed by atoms with E-state index in [4.69, 9.17) is 4.74 Å². The van der Waals surface area contributed by atoms with E-state index in [9.17, 15) is 0 Å². The van der Waals surface area contributed by atoms with Crippen molar-refractivity contribution in [1.82, 2.24) is 20.2 Å². The van der Waals surface area contributed by atoms with Gasteiger partial charge in [0.05, 0.1) is 17.9 Å². The molecule has 29 heavy (non-hydrogen) atoms. The molecular formula is C23H28N4OS. The van der Waals surface area contributed by atoms with Crippen LogP contribution >= 0.6 is 11.8 Å². The van der Waals surface area contributed by atoms with Crippen LogP contribution in [0, 0.1) is 12.8 Å². The number of para-hydroxylation sites is 1. The van der Waals surface area contributed by atoms with E-state index < -0.39 is 0 Å². The predicted octanol–water partition coefficient (Wildman–Crippen LogP) is 5.40. The van der Waals surface area contributed by atoms with Gasteiger partial charge in [0.1, 0.15) is 0 Å². The minimum absolute atomic E-state index is 0.0721. The highest BCUT2D eigenvalue weighted by atomic mass is 32.2. The van der Waals surface area contributed by atoms with Gasteiger partial charge in [-0.1, -0.05) is 59.8 Å². The molecule has 0 aliphatic carbocycles. The summed E-state index contributed by atoms with van der Waals surface area (Å²) in [6.45, 7) is 8.86. The number of nitrogens with zero attached hydrogens (tertiary/aromatic N) is 4. The highest BCUT2D eigenvalue weighted by molar-refractivity contribution is 8.00. The van der Waals surface area contributed by atoms with E-state index in [1.807, 2.05) is 35.0 Å². The molecule has 6 heteroatoms. The van der Waals surface area contributed by atoms with Crippen LogP contribution in [-0.4, -0.2) is 31.1 Å². The average Bonchev–Trinajstić information content (AvgIpc) is 3.16. The van der Waals surface area contributed by atoms with Crippen LogP contribution < -0.4 is 0 Å². The van der Waals surface area contributed by atoms with Gasteiger partial charge in [-0.3, -0.25) is 0 Å². The fourth-order valence-electron chi connectivity index (χ4n) is 4.04. The van der Waals surface area contributed by atoms with Gasteiger partial charge < -0.3 is 4.74 Å². The SMILES string of the molecule is Cc1ccc(C2O[C@H](C)CC[C@H]2C(C)(C)Sc2nnnn2-c2ccccc2)cc1. The Labute approximate surface area is 176 Å². The van der Waals surface area contributed by atoms with Gasteiger partial charge >= 0.3 is 0 Å². The lowest BCUT2D eigenvalue weighted by atomic mass is 9.79. The number of rotatable bonds is 5. The van der Waals surface area contributed by atoms with Gasteiger partial charge in [0, 0.05) is 10.7 Å². The van der Waals surface area contributed by atoms with E-state index in [1.165, 1.54) is 11.1 Å². The Morgan fingerprint density at radius 3 is 2.48 bits per heavy atom. The zero-order chi connectivity index (χ0) is 20.4. The molecule has 0 saturated carbocycles. The van der Waals surface area contributed by atoms with Gasteiger partial charge in [-0.05, 0) is 68.7 Å². The molecule has 1 aromatic heterocycles. The molecule has 1 aliphatic heterocycles. The van der Waals surface area contributed by atoms with Crippen molar-refractivity contribution in [2.75, 3.05) is 0 Å². The van der Waals surface area contributed by atoms with Crippen LogP contribution in [0.15, 0.2) is 59.8 Å². The lowest BCUT2D eigenvalue weighted by Gasteiger charge is -2.43. The second-order valence-electron chi connectivity index (χ2n) is 8.38. The van der Waals surface area contributed by atoms with E-state index in [1.54, 1.807) is 11.8 Å². The lowest BCUT2D eigenvalue weighted by Crippen LogP contribution is -2.39. The van der Waals surface area contributed by atoms with Crippen LogP contribution in [0.1, 0.15) is 50.8 Å². The first-order valence-corrected chi connectivity index (χ1v) is 11.0. The number of hydrogen-bond acceptors (Lipinski definition) is 5. The molecule has 152 valence electrons. The van der Waals surface area contributed by atoms with Gasteiger partial charge in [-0.2, -0.15) is 4.68 Å². The molecule has 3 aromatic rings. The molecule has 5 nitrogen and oxygen atoms in total. The number of ether oxygens (including phenoxy) is 1. The van der Waals surface area contributed by atoms with Crippen LogP contribution in [0.2, 0.25) is 0 Å². The number of hydrogen-bond donors (Lipinski definition) is 0. The molecule has 0 N–H and O–H groups in total. The summed E-state index contributed by atoms with van der Waals surface area (Å²) in [6, 6.07) is 18.8. The number of thioether (sulfide) groups is 1. The first-order valence-electron chi connectivity index (χ1n) is 10.2. The minimum Gasteiger partial charge on any atom is -0.370 e. The molecular weight excluding hydrogens is 380 g/mol. The monoisotopic (exact) mass is 408 g/mol. The molecule has 0 radical (unpaired) electrons. The highest BCUT2D eigenvalue weighted by Crippen LogP contribution is 2.49. The minimum atomic E-state index is -0.100. The summed E-state index contributed by atoms with van der Waals surface area (Å²) < 4.78 is 8.19. The number of tetrazole rings is 1. The molecule has 1 aliphatic rings. The molecule has 0 spiro atoms. The van der Waals surface area contributed by atoms with Crippen LogP contribution in [-0.2, 0) is 4.74 Å². The number of benzene rings is 2. The van der Waals surface area contributed by atoms with Crippen molar-refractivity contribution in [2.45, 2.75) is 62.6 Å². The summed E-state index contributed by atoms with van der Waals surface area (Å²) in [5, 5.41) is 13.3. The quantitative estimate of drug-likeness (QED) is 0.529. The van der Waals surface area contributed by atoms with E-state index in [2.05, 4.69) is 67.5 Å². The number of aromatic nitrogens is 4. The van der Waals surface area contributed by atoms with Crippen molar-refractivity contribution in [3.8, 4) is 5.69 Å². The third kappa shape index (κ3) is 4.38. The van der Waals surface area contributed by atoms with Gasteiger partial charge in [0.25, 0.3) is 0 Å². The Morgan fingerprint density at radius 2 is 1.76 bits per heavy atom. The maximum Gasteiger partial charge on any atom is 0.214 e. The second kappa shape index (κ2) is 8.28. The first-order chi connectivity index (χ1) is 13.9. The van der Waals surface area contributed by atoms with Crippen molar-refractivity contribution in [3.05, 3.63) is 65.7 Å². The van der Waals surface area contributed by atoms with Crippen molar-refractivity contribution < 1.29 is 4.74 Å². The smallest absolute Gasteiger partial charge is 0.214 e. The predicted molar refractivity (Wildman–Crippen MR) is 116 cm³/mol. The van der Waals surface area contributed by atoms with Crippen molar-refractivity contribution in [1.29, 1.82) is 0 Å². The first kappa shape index (κ1) is 20.1. The normalized spacial score (nSPS) is 22.6. The van der Waals surface area contributed by atoms with E-state index in [0.717, 1.165) is 23.7 Å². The van der Waals surface area contributed by atoms with E-state index in [0.29, 0.717) is 5.92 Å². The lowest BCUT2D eigenvalue weighted by molar-refractivity contribution is -0.0846. The summed E-state index contributed by atoms with van der Waals surface area (Å²) in [4.78, 5) is 0. The average molecular weight is 409 g/mol. The largest absolute Gasteiger partial charge is 0.370 e.